The standard InChI is InChI=1S/C17H25ClN2O/c1-2-20(13-14-8-4-3-5-9-14)16-11-7-6-10-15(16)19-17(21)12-18/h3-5,8-9,15-16H,2,6-7,10-13H2,1H3,(H,19,21)/t15-,16+/m1/s1. The molecular formula is C17H25ClN2O. The highest BCUT2D eigenvalue weighted by atomic mass is 35.5. The lowest BCUT2D eigenvalue weighted by Crippen LogP contribution is -2.53. The molecule has 3 nitrogen and oxygen atoms in total. The third-order valence-electron chi connectivity index (χ3n) is 4.30. The molecule has 1 aromatic rings. The number of hydrogen-bond donors (Lipinski definition) is 1. The van der Waals surface area contributed by atoms with Crippen LogP contribution in [0.2, 0.25) is 0 Å². The van der Waals surface area contributed by atoms with Crippen molar-refractivity contribution >= 4 is 17.5 Å². The first kappa shape index (κ1) is 16.3. The second-order valence-corrected chi connectivity index (χ2v) is 5.98. The Kier molecular flexibility index (Phi) is 6.52. The van der Waals surface area contributed by atoms with E-state index in [1.807, 2.05) is 6.07 Å². The number of halogens is 1. The summed E-state index contributed by atoms with van der Waals surface area (Å²) in [5.41, 5.74) is 1.33. The van der Waals surface area contributed by atoms with Gasteiger partial charge in [0.15, 0.2) is 0 Å². The van der Waals surface area contributed by atoms with Crippen molar-refractivity contribution in [1.29, 1.82) is 0 Å². The van der Waals surface area contributed by atoms with Crippen molar-refractivity contribution in [2.45, 2.75) is 51.2 Å². The maximum Gasteiger partial charge on any atom is 0.235 e. The predicted octanol–water partition coefficient (Wildman–Crippen LogP) is 3.17. The van der Waals surface area contributed by atoms with E-state index in [0.29, 0.717) is 6.04 Å². The summed E-state index contributed by atoms with van der Waals surface area (Å²) in [6.45, 7) is 4.13. The summed E-state index contributed by atoms with van der Waals surface area (Å²) < 4.78 is 0. The minimum atomic E-state index is -0.0515. The fraction of sp³-hybridized carbons (Fsp3) is 0.588. The lowest BCUT2D eigenvalue weighted by Gasteiger charge is -2.40. The number of likely N-dealkylation sites (N-methyl/N-ethyl adjacent to an activating group) is 1. The SMILES string of the molecule is CCN(Cc1ccccc1)[C@H]1CCCC[C@H]1NC(=O)CCl. The average Bonchev–Trinajstić information content (AvgIpc) is 2.54. The molecule has 0 aromatic heterocycles. The topological polar surface area (TPSA) is 32.3 Å². The fourth-order valence-corrected chi connectivity index (χ4v) is 3.32. The maximum atomic E-state index is 11.6. The van der Waals surface area contributed by atoms with Crippen LogP contribution in [0.1, 0.15) is 38.2 Å². The molecule has 0 heterocycles. The molecule has 1 N–H and O–H groups in total. The van der Waals surface area contributed by atoms with Gasteiger partial charge >= 0.3 is 0 Å². The molecule has 0 saturated heterocycles. The molecule has 116 valence electrons. The van der Waals surface area contributed by atoms with Crippen LogP contribution < -0.4 is 5.32 Å². The van der Waals surface area contributed by atoms with Crippen molar-refractivity contribution in [2.24, 2.45) is 0 Å². The highest BCUT2D eigenvalue weighted by molar-refractivity contribution is 6.27. The van der Waals surface area contributed by atoms with Gasteiger partial charge in [-0.15, -0.1) is 11.6 Å². The molecule has 0 unspecified atom stereocenters. The van der Waals surface area contributed by atoms with Gasteiger partial charge in [-0.1, -0.05) is 50.1 Å². The molecule has 1 aliphatic carbocycles. The Labute approximate surface area is 132 Å². The summed E-state index contributed by atoms with van der Waals surface area (Å²) in [4.78, 5) is 14.1. The molecule has 1 aromatic carbocycles. The van der Waals surface area contributed by atoms with E-state index >= 15 is 0 Å². The van der Waals surface area contributed by atoms with Crippen LogP contribution in [0.5, 0.6) is 0 Å². The van der Waals surface area contributed by atoms with Crippen molar-refractivity contribution in [3.63, 3.8) is 0 Å². The molecule has 0 aliphatic heterocycles. The van der Waals surface area contributed by atoms with Gasteiger partial charge in [0, 0.05) is 18.6 Å². The van der Waals surface area contributed by atoms with Gasteiger partial charge in [-0.2, -0.15) is 0 Å². The van der Waals surface area contributed by atoms with E-state index in [1.165, 1.54) is 18.4 Å². The van der Waals surface area contributed by atoms with Crippen LogP contribution in [-0.4, -0.2) is 35.3 Å². The van der Waals surface area contributed by atoms with Gasteiger partial charge in [-0.3, -0.25) is 9.69 Å². The highest BCUT2D eigenvalue weighted by Gasteiger charge is 2.30. The second kappa shape index (κ2) is 8.40. The van der Waals surface area contributed by atoms with Crippen LogP contribution in [0, 0.1) is 0 Å². The Morgan fingerprint density at radius 3 is 2.67 bits per heavy atom. The zero-order valence-electron chi connectivity index (χ0n) is 12.7. The largest absolute Gasteiger partial charge is 0.351 e. The van der Waals surface area contributed by atoms with Crippen LogP contribution in [0.3, 0.4) is 0 Å². The van der Waals surface area contributed by atoms with Gasteiger partial charge in [0.25, 0.3) is 0 Å². The van der Waals surface area contributed by atoms with Gasteiger partial charge in [0.2, 0.25) is 5.91 Å². The number of rotatable bonds is 6. The summed E-state index contributed by atoms with van der Waals surface area (Å²) in [5, 5.41) is 3.11. The van der Waals surface area contributed by atoms with Crippen molar-refractivity contribution in [2.75, 3.05) is 12.4 Å². The minimum absolute atomic E-state index is 0.0496. The van der Waals surface area contributed by atoms with Crippen molar-refractivity contribution in [3.8, 4) is 0 Å². The number of amides is 1. The molecule has 21 heavy (non-hydrogen) atoms. The summed E-state index contributed by atoms with van der Waals surface area (Å²) >= 11 is 5.64. The molecule has 0 radical (unpaired) electrons. The summed E-state index contributed by atoms with van der Waals surface area (Å²) in [5.74, 6) is -0.00191. The Hall–Kier alpha value is -1.06. The second-order valence-electron chi connectivity index (χ2n) is 5.71. The first-order valence-corrected chi connectivity index (χ1v) is 8.41. The molecular weight excluding hydrogens is 284 g/mol. The Morgan fingerprint density at radius 1 is 1.29 bits per heavy atom. The summed E-state index contributed by atoms with van der Waals surface area (Å²) in [7, 11) is 0. The van der Waals surface area contributed by atoms with E-state index in [4.69, 9.17) is 11.6 Å². The van der Waals surface area contributed by atoms with E-state index in [0.717, 1.165) is 25.9 Å². The van der Waals surface area contributed by atoms with E-state index in [-0.39, 0.29) is 17.8 Å². The zero-order chi connectivity index (χ0) is 15.1. The van der Waals surface area contributed by atoms with Crippen LogP contribution in [-0.2, 0) is 11.3 Å². The molecule has 2 rings (SSSR count). The van der Waals surface area contributed by atoms with E-state index in [1.54, 1.807) is 0 Å². The third-order valence-corrected chi connectivity index (χ3v) is 4.54. The Balaban J connectivity index is 2.04. The van der Waals surface area contributed by atoms with Gasteiger partial charge < -0.3 is 5.32 Å². The maximum absolute atomic E-state index is 11.6. The molecule has 1 aliphatic rings. The monoisotopic (exact) mass is 308 g/mol. The van der Waals surface area contributed by atoms with Gasteiger partial charge in [-0.05, 0) is 24.9 Å². The Bertz CT molecular complexity index is 438. The molecule has 0 spiro atoms. The van der Waals surface area contributed by atoms with Crippen LogP contribution in [0.4, 0.5) is 0 Å². The third kappa shape index (κ3) is 4.72. The highest BCUT2D eigenvalue weighted by Crippen LogP contribution is 2.24. The predicted molar refractivity (Wildman–Crippen MR) is 87.4 cm³/mol. The molecule has 0 bridgehead atoms. The smallest absolute Gasteiger partial charge is 0.235 e. The van der Waals surface area contributed by atoms with Crippen molar-refractivity contribution < 1.29 is 4.79 Å². The normalized spacial score (nSPS) is 22.2. The number of hydrogen-bond acceptors (Lipinski definition) is 2. The Morgan fingerprint density at radius 2 is 2.00 bits per heavy atom. The molecule has 1 saturated carbocycles. The molecule has 2 atom stereocenters. The lowest BCUT2D eigenvalue weighted by molar-refractivity contribution is -0.120. The molecule has 4 heteroatoms. The van der Waals surface area contributed by atoms with Crippen molar-refractivity contribution in [1.82, 2.24) is 10.2 Å². The van der Waals surface area contributed by atoms with E-state index < -0.39 is 0 Å². The first-order chi connectivity index (χ1) is 10.2. The van der Waals surface area contributed by atoms with E-state index in [2.05, 4.69) is 41.4 Å². The quantitative estimate of drug-likeness (QED) is 0.819. The van der Waals surface area contributed by atoms with E-state index in [9.17, 15) is 4.79 Å². The number of benzene rings is 1. The number of nitrogens with one attached hydrogen (secondary N) is 1. The fourth-order valence-electron chi connectivity index (χ4n) is 3.24. The van der Waals surface area contributed by atoms with Crippen LogP contribution >= 0.6 is 11.6 Å². The molecule has 1 fully saturated rings. The van der Waals surface area contributed by atoms with Crippen molar-refractivity contribution in [3.05, 3.63) is 35.9 Å². The van der Waals surface area contributed by atoms with Gasteiger partial charge in [0.1, 0.15) is 5.88 Å². The zero-order valence-corrected chi connectivity index (χ0v) is 13.5. The number of alkyl halides is 1. The summed E-state index contributed by atoms with van der Waals surface area (Å²) in [6.07, 6.45) is 4.63. The average molecular weight is 309 g/mol. The van der Waals surface area contributed by atoms with Gasteiger partial charge in [0.05, 0.1) is 0 Å². The van der Waals surface area contributed by atoms with Gasteiger partial charge in [-0.25, -0.2) is 0 Å². The van der Waals surface area contributed by atoms with Crippen LogP contribution in [0.15, 0.2) is 30.3 Å². The number of carbonyl (C=O) groups is 1. The van der Waals surface area contributed by atoms with Crippen LogP contribution in [0.25, 0.3) is 0 Å². The lowest BCUT2D eigenvalue weighted by atomic mass is 9.88. The number of nitrogens with zero attached hydrogens (tertiary/aromatic N) is 1. The first-order valence-electron chi connectivity index (χ1n) is 7.88. The number of carbonyl (C=O) groups excluding carboxylic acids is 1. The molecule has 1 amide bonds. The minimum Gasteiger partial charge on any atom is -0.351 e. The summed E-state index contributed by atoms with van der Waals surface area (Å²) in [6, 6.07) is 11.2.